The van der Waals surface area contributed by atoms with Crippen LogP contribution in [0.2, 0.25) is 0 Å². The van der Waals surface area contributed by atoms with Crippen molar-refractivity contribution in [1.82, 2.24) is 15.3 Å². The third-order valence-corrected chi connectivity index (χ3v) is 6.26. The summed E-state index contributed by atoms with van der Waals surface area (Å²) in [6.07, 6.45) is 3.50. The van der Waals surface area contributed by atoms with Crippen LogP contribution >= 0.6 is 8.53 Å². The highest BCUT2D eigenvalue weighted by atomic mass is 31.2. The zero-order valence-corrected chi connectivity index (χ0v) is 21.5. The zero-order valence-electron chi connectivity index (χ0n) is 20.6. The lowest BCUT2D eigenvalue weighted by Gasteiger charge is -2.30. The average molecular weight is 498 g/mol. The minimum atomic E-state index is -1.71. The van der Waals surface area contributed by atoms with Gasteiger partial charge in [0.05, 0.1) is 19.3 Å². The molecule has 3 unspecified atom stereocenters. The molecule has 1 aromatic carbocycles. The number of amides is 2. The number of carbonyl (C=O) groups excluding carboxylic acids is 3. The number of ether oxygens (including phenoxy) is 2. The number of hydrogen-bond donors (Lipinski definition) is 2. The monoisotopic (exact) mass is 497 g/mol. The molecule has 0 aliphatic rings. The third kappa shape index (κ3) is 11.1. The van der Waals surface area contributed by atoms with Gasteiger partial charge in [0.2, 0.25) is 6.41 Å². The lowest BCUT2D eigenvalue weighted by molar-refractivity contribution is -0.149. The largest absolute Gasteiger partial charge is 0.465 e. The average Bonchev–Trinajstić information content (AvgIpc) is 2.80. The molecule has 2 amide bonds. The minimum Gasteiger partial charge on any atom is -0.465 e. The van der Waals surface area contributed by atoms with E-state index in [-0.39, 0.29) is 25.4 Å². The van der Waals surface area contributed by atoms with E-state index in [1.54, 1.807) is 46.2 Å². The lowest BCUT2D eigenvalue weighted by Crippen LogP contribution is -2.46. The number of methoxy groups -OCH3 is 1. The Morgan fingerprint density at radius 3 is 2.50 bits per heavy atom. The van der Waals surface area contributed by atoms with Gasteiger partial charge in [0, 0.05) is 32.5 Å². The van der Waals surface area contributed by atoms with E-state index in [1.165, 1.54) is 6.08 Å². The summed E-state index contributed by atoms with van der Waals surface area (Å²) in [6, 6.07) is 9.17. The molecule has 10 nitrogen and oxygen atoms in total. The van der Waals surface area contributed by atoms with Gasteiger partial charge in [-0.2, -0.15) is 0 Å². The first-order valence-electron chi connectivity index (χ1n) is 10.9. The Morgan fingerprint density at radius 2 is 1.91 bits per heavy atom. The first-order valence-corrected chi connectivity index (χ1v) is 12.1. The van der Waals surface area contributed by atoms with Crippen molar-refractivity contribution in [2.75, 3.05) is 27.4 Å². The minimum absolute atomic E-state index is 0.000896. The molecule has 0 aliphatic carbocycles. The molecule has 1 aromatic rings. The molecule has 0 aliphatic heterocycles. The third-order valence-electron chi connectivity index (χ3n) is 4.76. The standard InChI is InChI=1S/C23H36N3O7P/c1-7-31-22(29)23(3,4)25-34(33-19-11-9-8-10-12-19)32-16-20(30-6)15-18(2)26(5)14-13-21(28)24-17-27/h8-14,17-18,20,25H,7,15-16H2,1-6H3,(H,24,27,28)/b14-13-. The van der Waals surface area contributed by atoms with Crippen molar-refractivity contribution in [3.05, 3.63) is 42.6 Å². The number of esters is 1. The summed E-state index contributed by atoms with van der Waals surface area (Å²) in [5, 5.41) is 5.17. The molecular weight excluding hydrogens is 461 g/mol. The van der Waals surface area contributed by atoms with Gasteiger partial charge < -0.3 is 23.4 Å². The number of benzene rings is 1. The second-order valence-electron chi connectivity index (χ2n) is 7.96. The lowest BCUT2D eigenvalue weighted by atomic mass is 10.1. The molecule has 34 heavy (non-hydrogen) atoms. The van der Waals surface area contributed by atoms with Crippen molar-refractivity contribution in [2.24, 2.45) is 0 Å². The van der Waals surface area contributed by atoms with Gasteiger partial charge in [-0.3, -0.25) is 19.7 Å². The number of carbonyl (C=O) groups is 3. The highest BCUT2D eigenvalue weighted by Crippen LogP contribution is 2.38. The van der Waals surface area contributed by atoms with E-state index in [0.717, 1.165) is 0 Å². The Bertz CT molecular complexity index is 792. The summed E-state index contributed by atoms with van der Waals surface area (Å²) in [6.45, 7) is 7.60. The van der Waals surface area contributed by atoms with E-state index >= 15 is 0 Å². The first-order chi connectivity index (χ1) is 16.1. The van der Waals surface area contributed by atoms with Gasteiger partial charge in [-0.25, -0.2) is 5.09 Å². The highest BCUT2D eigenvalue weighted by molar-refractivity contribution is 7.45. The number of rotatable bonds is 16. The Balaban J connectivity index is 2.80. The van der Waals surface area contributed by atoms with E-state index in [4.69, 9.17) is 18.5 Å². The van der Waals surface area contributed by atoms with Crippen LogP contribution in [0.15, 0.2) is 42.6 Å². The van der Waals surface area contributed by atoms with Gasteiger partial charge in [0.25, 0.3) is 5.91 Å². The number of hydrogen-bond acceptors (Lipinski definition) is 9. The van der Waals surface area contributed by atoms with Gasteiger partial charge in [-0.05, 0) is 46.2 Å². The van der Waals surface area contributed by atoms with Gasteiger partial charge in [-0.15, -0.1) is 0 Å². The van der Waals surface area contributed by atoms with Crippen LogP contribution in [0, 0.1) is 0 Å². The molecule has 3 atom stereocenters. The number of imide groups is 1. The molecule has 0 saturated heterocycles. The van der Waals surface area contributed by atoms with Crippen LogP contribution < -0.4 is 14.9 Å². The van der Waals surface area contributed by atoms with Gasteiger partial charge in [0.1, 0.15) is 11.3 Å². The van der Waals surface area contributed by atoms with Crippen LogP contribution in [-0.4, -0.2) is 68.2 Å². The Morgan fingerprint density at radius 1 is 1.24 bits per heavy atom. The normalized spacial score (nSPS) is 14.2. The van der Waals surface area contributed by atoms with E-state index in [1.807, 2.05) is 42.4 Å². The fraction of sp³-hybridized carbons (Fsp3) is 0.522. The second kappa shape index (κ2) is 15.4. The molecule has 1 rings (SSSR count). The SMILES string of the molecule is CCOC(=O)C(C)(C)NP(OCC(CC(C)N(C)/C=C\C(=O)NC=O)OC)Oc1ccccc1. The fourth-order valence-corrected chi connectivity index (χ4v) is 3.94. The topological polar surface area (TPSA) is 115 Å². The van der Waals surface area contributed by atoms with Crippen molar-refractivity contribution >= 4 is 26.8 Å². The van der Waals surface area contributed by atoms with E-state index in [0.29, 0.717) is 18.6 Å². The molecule has 2 N–H and O–H groups in total. The van der Waals surface area contributed by atoms with Crippen molar-refractivity contribution in [3.63, 3.8) is 0 Å². The van der Waals surface area contributed by atoms with E-state index < -0.39 is 25.9 Å². The zero-order chi connectivity index (χ0) is 25.6. The Kier molecular flexibility index (Phi) is 13.4. The predicted molar refractivity (Wildman–Crippen MR) is 130 cm³/mol. The van der Waals surface area contributed by atoms with Gasteiger partial charge >= 0.3 is 14.5 Å². The van der Waals surface area contributed by atoms with Crippen LogP contribution in [0.5, 0.6) is 5.75 Å². The van der Waals surface area contributed by atoms with Gasteiger partial charge in [-0.1, -0.05) is 18.2 Å². The van der Waals surface area contributed by atoms with Crippen molar-refractivity contribution in [2.45, 2.75) is 51.8 Å². The molecule has 0 aromatic heterocycles. The van der Waals surface area contributed by atoms with Crippen LogP contribution in [0.3, 0.4) is 0 Å². The maximum Gasteiger partial charge on any atom is 0.326 e. The highest BCUT2D eigenvalue weighted by Gasteiger charge is 2.34. The number of nitrogens with zero attached hydrogens (tertiary/aromatic N) is 1. The van der Waals surface area contributed by atoms with Crippen LogP contribution in [0.1, 0.15) is 34.1 Å². The summed E-state index contributed by atoms with van der Waals surface area (Å²) in [7, 11) is 1.69. The summed E-state index contributed by atoms with van der Waals surface area (Å²) in [5.41, 5.74) is -1.03. The molecule has 0 fully saturated rings. The summed E-state index contributed by atoms with van der Waals surface area (Å²) >= 11 is 0. The summed E-state index contributed by atoms with van der Waals surface area (Å²) in [4.78, 5) is 35.9. The maximum atomic E-state index is 12.3. The quantitative estimate of drug-likeness (QED) is 0.154. The van der Waals surface area contributed by atoms with Gasteiger partial charge in [0.15, 0.2) is 0 Å². The van der Waals surface area contributed by atoms with Crippen molar-refractivity contribution < 1.29 is 32.9 Å². The molecule has 0 bridgehead atoms. The summed E-state index contributed by atoms with van der Waals surface area (Å²) in [5.74, 6) is -0.312. The van der Waals surface area contributed by atoms with E-state index in [2.05, 4.69) is 5.09 Å². The molecular formula is C23H36N3O7P. The van der Waals surface area contributed by atoms with Crippen LogP contribution in [-0.2, 0) is 28.4 Å². The molecule has 190 valence electrons. The molecule has 0 saturated carbocycles. The smallest absolute Gasteiger partial charge is 0.326 e. The second-order valence-corrected chi connectivity index (χ2v) is 9.14. The van der Waals surface area contributed by atoms with E-state index in [9.17, 15) is 14.4 Å². The molecule has 11 heteroatoms. The first kappa shape index (κ1) is 29.5. The number of para-hydroxylation sites is 1. The van der Waals surface area contributed by atoms with Crippen LogP contribution in [0.4, 0.5) is 0 Å². The summed E-state index contributed by atoms with van der Waals surface area (Å²) < 4.78 is 22.8. The Labute approximate surface area is 202 Å². The van der Waals surface area contributed by atoms with Crippen LogP contribution in [0.25, 0.3) is 0 Å². The maximum absolute atomic E-state index is 12.3. The predicted octanol–water partition coefficient (Wildman–Crippen LogP) is 2.75. The molecule has 0 spiro atoms. The molecule has 0 heterocycles. The molecule has 0 radical (unpaired) electrons. The van der Waals surface area contributed by atoms with Crippen molar-refractivity contribution in [1.29, 1.82) is 0 Å². The Hall–Kier alpha value is -2.52. The fourth-order valence-electron chi connectivity index (χ4n) is 2.61. The van der Waals surface area contributed by atoms with Crippen molar-refractivity contribution in [3.8, 4) is 5.75 Å². The number of nitrogens with one attached hydrogen (secondary N) is 2.